The third-order valence-corrected chi connectivity index (χ3v) is 9.41. The van der Waals surface area contributed by atoms with Crippen LogP contribution in [0.3, 0.4) is 0 Å². The maximum atomic E-state index is 13.5. The summed E-state index contributed by atoms with van der Waals surface area (Å²) < 4.78 is 28.3. The van der Waals surface area contributed by atoms with E-state index < -0.39 is 16.1 Å². The van der Waals surface area contributed by atoms with Crippen molar-refractivity contribution in [3.8, 4) is 0 Å². The predicted molar refractivity (Wildman–Crippen MR) is 159 cm³/mol. The van der Waals surface area contributed by atoms with Crippen LogP contribution in [-0.2, 0) is 14.8 Å². The Morgan fingerprint density at radius 2 is 1.67 bits per heavy atom. The van der Waals surface area contributed by atoms with Crippen molar-refractivity contribution in [1.82, 2.24) is 19.3 Å². The fourth-order valence-electron chi connectivity index (χ4n) is 5.33. The van der Waals surface area contributed by atoms with Gasteiger partial charge >= 0.3 is 0 Å². The van der Waals surface area contributed by atoms with Gasteiger partial charge in [0.2, 0.25) is 10.0 Å². The summed E-state index contributed by atoms with van der Waals surface area (Å²) in [6, 6.07) is 13.9. The minimum atomic E-state index is -3.88. The van der Waals surface area contributed by atoms with Crippen molar-refractivity contribution in [2.24, 2.45) is 5.73 Å². The zero-order valence-corrected chi connectivity index (χ0v) is 24.7. The van der Waals surface area contributed by atoms with Crippen molar-refractivity contribution in [2.75, 3.05) is 44.7 Å². The van der Waals surface area contributed by atoms with Crippen LogP contribution in [0.5, 0.6) is 0 Å². The lowest BCUT2D eigenvalue weighted by Gasteiger charge is -2.48. The van der Waals surface area contributed by atoms with E-state index in [0.29, 0.717) is 5.02 Å². The maximum Gasteiger partial charge on any atom is 0.252 e. The molecule has 39 heavy (non-hydrogen) atoms. The number of hydrogen-bond acceptors (Lipinski definition) is 7. The second kappa shape index (κ2) is 13.0. The first-order chi connectivity index (χ1) is 17.8. The fourth-order valence-corrected chi connectivity index (χ4v) is 6.97. The average molecular weight is 616 g/mol. The number of hydrogen-bond donors (Lipinski definition) is 1. The van der Waals surface area contributed by atoms with E-state index in [-0.39, 0.29) is 61.3 Å². The van der Waals surface area contributed by atoms with Gasteiger partial charge < -0.3 is 10.6 Å². The predicted octanol–water partition coefficient (Wildman–Crippen LogP) is 3.41. The van der Waals surface area contributed by atoms with Crippen LogP contribution in [0.15, 0.2) is 65.8 Å². The van der Waals surface area contributed by atoms with Crippen LogP contribution in [-0.4, -0.2) is 85.5 Å². The van der Waals surface area contributed by atoms with Gasteiger partial charge in [0.1, 0.15) is 0 Å². The van der Waals surface area contributed by atoms with Gasteiger partial charge in [0.05, 0.1) is 17.5 Å². The minimum Gasteiger partial charge on any atom is -0.371 e. The van der Waals surface area contributed by atoms with Gasteiger partial charge in [-0.3, -0.25) is 14.8 Å². The van der Waals surface area contributed by atoms with E-state index in [1.165, 1.54) is 4.31 Å². The molecule has 1 aromatic heterocycles. The highest BCUT2D eigenvalue weighted by atomic mass is 35.5. The lowest BCUT2D eigenvalue weighted by molar-refractivity contribution is -0.164. The van der Waals surface area contributed by atoms with Crippen LogP contribution in [0.4, 0.5) is 5.69 Å². The molecule has 2 fully saturated rings. The Hall–Kier alpha value is -2.18. The van der Waals surface area contributed by atoms with E-state index in [2.05, 4.69) is 9.88 Å². The summed E-state index contributed by atoms with van der Waals surface area (Å²) in [6.07, 6.45) is 5.34. The fraction of sp³-hybridized carbons (Fsp3) is 0.385. The number of carbonyl (C=O) groups excluding carboxylic acids is 1. The Morgan fingerprint density at radius 3 is 2.33 bits per heavy atom. The number of amides is 1. The van der Waals surface area contributed by atoms with Gasteiger partial charge in [-0.05, 0) is 60.0 Å². The maximum absolute atomic E-state index is 13.5. The van der Waals surface area contributed by atoms with Crippen molar-refractivity contribution in [3.63, 3.8) is 0 Å². The second-order valence-corrected chi connectivity index (χ2v) is 12.0. The van der Waals surface area contributed by atoms with Crippen LogP contribution in [0.1, 0.15) is 12.8 Å². The molecule has 2 saturated heterocycles. The van der Waals surface area contributed by atoms with Gasteiger partial charge in [0.25, 0.3) is 5.91 Å². The Labute approximate surface area is 246 Å². The van der Waals surface area contributed by atoms with Gasteiger partial charge in [-0.2, -0.15) is 4.31 Å². The van der Waals surface area contributed by atoms with Crippen molar-refractivity contribution in [3.05, 3.63) is 65.9 Å². The van der Waals surface area contributed by atoms with E-state index in [1.807, 2.05) is 24.2 Å². The Kier molecular flexibility index (Phi) is 10.4. The van der Waals surface area contributed by atoms with Gasteiger partial charge in [0.15, 0.2) is 0 Å². The first-order valence-corrected chi connectivity index (χ1v) is 14.2. The lowest BCUT2D eigenvalue weighted by Crippen LogP contribution is -2.66. The van der Waals surface area contributed by atoms with E-state index in [1.54, 1.807) is 53.8 Å². The van der Waals surface area contributed by atoms with Gasteiger partial charge in [0, 0.05) is 62.4 Å². The number of hydrazine groups is 1. The number of pyridine rings is 1. The molecule has 0 spiro atoms. The Bertz CT molecular complexity index is 1390. The SMILES string of the molecule is CN(C1CCN(c2ccncc2)CC1)N1C(=O)CN(S(=O)(=O)c2ccc3cc(Cl)ccc3c2)CC1CN.Cl.Cl. The second-order valence-electron chi connectivity index (χ2n) is 9.58. The Balaban J connectivity index is 0.00000210. The van der Waals surface area contributed by atoms with E-state index in [4.69, 9.17) is 17.3 Å². The topological polar surface area (TPSA) is 103 Å². The largest absolute Gasteiger partial charge is 0.371 e. The molecule has 2 aliphatic rings. The smallest absolute Gasteiger partial charge is 0.252 e. The monoisotopic (exact) mass is 614 g/mol. The molecule has 2 N–H and O–H groups in total. The highest BCUT2D eigenvalue weighted by molar-refractivity contribution is 7.89. The summed E-state index contributed by atoms with van der Waals surface area (Å²) in [7, 11) is -1.98. The average Bonchev–Trinajstić information content (AvgIpc) is 2.92. The molecule has 0 radical (unpaired) electrons. The number of carbonyl (C=O) groups is 1. The molecule has 13 heteroatoms. The number of piperazine rings is 1. The highest BCUT2D eigenvalue weighted by Crippen LogP contribution is 2.28. The van der Waals surface area contributed by atoms with Crippen LogP contribution in [0.2, 0.25) is 5.02 Å². The molecule has 1 atom stereocenters. The minimum absolute atomic E-state index is 0. The van der Waals surface area contributed by atoms with Gasteiger partial charge in [-0.1, -0.05) is 23.7 Å². The number of nitrogens with two attached hydrogens (primary N) is 1. The molecule has 2 aliphatic heterocycles. The molecule has 1 amide bonds. The van der Waals surface area contributed by atoms with Crippen molar-refractivity contribution in [1.29, 1.82) is 0 Å². The third kappa shape index (κ3) is 6.43. The normalized spacial score (nSPS) is 19.2. The number of rotatable bonds is 6. The molecule has 3 aromatic rings. The molecule has 3 heterocycles. The molecule has 0 bridgehead atoms. The van der Waals surface area contributed by atoms with Crippen LogP contribution >= 0.6 is 36.4 Å². The van der Waals surface area contributed by atoms with Crippen LogP contribution in [0.25, 0.3) is 10.8 Å². The zero-order valence-electron chi connectivity index (χ0n) is 21.5. The summed E-state index contributed by atoms with van der Waals surface area (Å²) in [5.41, 5.74) is 7.23. The molecule has 0 saturated carbocycles. The van der Waals surface area contributed by atoms with Crippen molar-refractivity contribution < 1.29 is 13.2 Å². The van der Waals surface area contributed by atoms with E-state index in [0.717, 1.165) is 42.4 Å². The molecule has 5 rings (SSSR count). The number of piperidine rings is 1. The molecule has 2 aromatic carbocycles. The summed E-state index contributed by atoms with van der Waals surface area (Å²) >= 11 is 6.06. The number of halogens is 3. The van der Waals surface area contributed by atoms with Crippen LogP contribution < -0.4 is 10.6 Å². The molecule has 0 aliphatic carbocycles. The number of sulfonamides is 1. The molecular formula is C26H33Cl3N6O3S. The molecule has 1 unspecified atom stereocenters. The lowest BCUT2D eigenvalue weighted by atomic mass is 10.0. The first kappa shape index (κ1) is 31.3. The van der Waals surface area contributed by atoms with Gasteiger partial charge in [-0.25, -0.2) is 13.4 Å². The summed E-state index contributed by atoms with van der Waals surface area (Å²) in [4.78, 5) is 19.9. The zero-order chi connectivity index (χ0) is 26.2. The number of fused-ring (bicyclic) bond motifs is 1. The van der Waals surface area contributed by atoms with Gasteiger partial charge in [-0.15, -0.1) is 24.8 Å². The standard InChI is InChI=1S/C26H31ClN6O3S.2ClH/c1-30(22-8-12-31(13-9-22)23-6-10-29-11-7-23)33-24(16-28)17-32(18-26(33)34)37(35,36)25-5-3-19-14-21(27)4-2-20(19)15-25;;/h2-7,10-11,14-15,22,24H,8-9,12-13,16-18,28H2,1H3;2*1H. The highest BCUT2D eigenvalue weighted by Gasteiger charge is 2.41. The number of nitrogens with zero attached hydrogens (tertiary/aromatic N) is 5. The summed E-state index contributed by atoms with van der Waals surface area (Å²) in [6.45, 7) is 1.80. The van der Waals surface area contributed by atoms with Crippen molar-refractivity contribution >= 4 is 68.8 Å². The van der Waals surface area contributed by atoms with Crippen LogP contribution in [0, 0.1) is 0 Å². The summed E-state index contributed by atoms with van der Waals surface area (Å²) in [5.74, 6) is -0.267. The quantitative estimate of drug-likeness (QED) is 0.453. The molecule has 212 valence electrons. The summed E-state index contributed by atoms with van der Waals surface area (Å²) in [5, 5.41) is 5.87. The Morgan fingerprint density at radius 1 is 1.03 bits per heavy atom. The van der Waals surface area contributed by atoms with Crippen molar-refractivity contribution in [2.45, 2.75) is 29.8 Å². The first-order valence-electron chi connectivity index (χ1n) is 12.4. The van der Waals surface area contributed by atoms with E-state index in [9.17, 15) is 13.2 Å². The molecule has 9 nitrogen and oxygen atoms in total. The molecular weight excluding hydrogens is 583 g/mol. The number of aromatic nitrogens is 1. The number of anilines is 1. The number of benzene rings is 2. The van der Waals surface area contributed by atoms with E-state index >= 15 is 0 Å². The third-order valence-electron chi connectivity index (χ3n) is 7.37.